The van der Waals surface area contributed by atoms with Gasteiger partial charge in [-0.1, -0.05) is 48.5 Å². The van der Waals surface area contributed by atoms with E-state index in [1.807, 2.05) is 0 Å². The smallest absolute Gasteiger partial charge is 0.295 e. The van der Waals surface area contributed by atoms with E-state index in [9.17, 15) is 25.9 Å². The van der Waals surface area contributed by atoms with Gasteiger partial charge in [0.05, 0.1) is 11.1 Å². The van der Waals surface area contributed by atoms with Crippen LogP contribution in [-0.4, -0.2) is 25.9 Å². The quantitative estimate of drug-likeness (QED) is 0.0944. The molecule has 50 heavy (non-hydrogen) atoms. The number of benzene rings is 6. The fourth-order valence-electron chi connectivity index (χ4n) is 5.09. The van der Waals surface area contributed by atoms with Crippen LogP contribution < -0.4 is 9.47 Å². The summed E-state index contributed by atoms with van der Waals surface area (Å²) in [5.41, 5.74) is -4.41. The van der Waals surface area contributed by atoms with E-state index in [4.69, 9.17) is 9.47 Å². The predicted molar refractivity (Wildman–Crippen MR) is 159 cm³/mol. The summed E-state index contributed by atoms with van der Waals surface area (Å²) < 4.78 is 199. The molecule has 18 heteroatoms. The van der Waals surface area contributed by atoms with Crippen LogP contribution in [-0.2, 0) is 20.2 Å². The molecule has 0 unspecified atom stereocenters. The summed E-state index contributed by atoms with van der Waals surface area (Å²) >= 11 is 0. The minimum atomic E-state index is -5.41. The molecule has 6 aromatic rings. The maximum absolute atomic E-state index is 15.4. The molecule has 0 aromatic heterocycles. The van der Waals surface area contributed by atoms with Crippen molar-refractivity contribution in [2.75, 3.05) is 0 Å². The zero-order valence-corrected chi connectivity index (χ0v) is 25.7. The zero-order valence-electron chi connectivity index (χ0n) is 24.1. The highest BCUT2D eigenvalue weighted by Crippen LogP contribution is 2.45. The molecule has 6 rings (SSSR count). The number of rotatable bonds is 7. The first-order chi connectivity index (χ1) is 23.4. The second kappa shape index (κ2) is 12.2. The van der Waals surface area contributed by atoms with Crippen LogP contribution in [0.15, 0.2) is 82.6 Å². The molecule has 0 radical (unpaired) electrons. The molecule has 0 saturated carbocycles. The van der Waals surface area contributed by atoms with Gasteiger partial charge in [0.25, 0.3) is 20.2 Å². The summed E-state index contributed by atoms with van der Waals surface area (Å²) in [5.74, 6) is -24.5. The van der Waals surface area contributed by atoms with Gasteiger partial charge in [0.2, 0.25) is 34.8 Å². The zero-order chi connectivity index (χ0) is 36.4. The van der Waals surface area contributed by atoms with Crippen molar-refractivity contribution in [2.45, 2.75) is 9.79 Å². The van der Waals surface area contributed by atoms with Crippen molar-refractivity contribution < 1.29 is 70.5 Å². The first-order valence-corrected chi connectivity index (χ1v) is 16.4. The Bertz CT molecular complexity index is 2590. The molecule has 0 aliphatic carbocycles. The molecule has 0 saturated heterocycles. The van der Waals surface area contributed by atoms with Crippen LogP contribution in [0, 0.1) is 46.5 Å². The molecule has 2 N–H and O–H groups in total. The largest absolute Gasteiger partial charge is 0.450 e. The van der Waals surface area contributed by atoms with Crippen molar-refractivity contribution >= 4 is 41.8 Å². The topological polar surface area (TPSA) is 127 Å². The minimum Gasteiger partial charge on any atom is -0.450 e. The van der Waals surface area contributed by atoms with E-state index in [1.165, 1.54) is 24.3 Å². The highest BCUT2D eigenvalue weighted by atomic mass is 32.2. The van der Waals surface area contributed by atoms with Crippen LogP contribution in [0.2, 0.25) is 0 Å². The lowest BCUT2D eigenvalue weighted by Crippen LogP contribution is -2.10. The Morgan fingerprint density at radius 3 is 1.28 bits per heavy atom. The van der Waals surface area contributed by atoms with Gasteiger partial charge in [-0.2, -0.15) is 34.4 Å². The third-order valence-electron chi connectivity index (χ3n) is 7.33. The summed E-state index contributed by atoms with van der Waals surface area (Å²) in [6, 6.07) is 14.2. The molecule has 0 atom stereocenters. The van der Waals surface area contributed by atoms with Crippen molar-refractivity contribution in [3.05, 3.63) is 119 Å². The summed E-state index contributed by atoms with van der Waals surface area (Å²) in [6.45, 7) is 0. The van der Waals surface area contributed by atoms with Gasteiger partial charge in [0.1, 0.15) is 21.3 Å². The molecule has 0 spiro atoms. The molecule has 0 fully saturated rings. The number of hydrogen-bond acceptors (Lipinski definition) is 6. The summed E-state index contributed by atoms with van der Waals surface area (Å²) in [6.07, 6.45) is 0. The van der Waals surface area contributed by atoms with Gasteiger partial charge < -0.3 is 9.47 Å². The van der Waals surface area contributed by atoms with Crippen LogP contribution in [0.1, 0.15) is 0 Å². The van der Waals surface area contributed by atoms with Gasteiger partial charge >= 0.3 is 0 Å². The molecule has 8 nitrogen and oxygen atoms in total. The number of fused-ring (bicyclic) bond motifs is 2. The van der Waals surface area contributed by atoms with E-state index >= 15 is 35.1 Å². The fourth-order valence-corrected chi connectivity index (χ4v) is 6.89. The van der Waals surface area contributed by atoms with Crippen molar-refractivity contribution in [1.29, 1.82) is 0 Å². The van der Waals surface area contributed by atoms with E-state index in [0.29, 0.717) is 17.5 Å². The maximum Gasteiger partial charge on any atom is 0.295 e. The van der Waals surface area contributed by atoms with Crippen molar-refractivity contribution in [3.63, 3.8) is 0 Å². The highest BCUT2D eigenvalue weighted by molar-refractivity contribution is 7.89. The van der Waals surface area contributed by atoms with Crippen molar-refractivity contribution in [1.82, 2.24) is 0 Å². The average Bonchev–Trinajstić information content (AvgIpc) is 3.07. The first kappa shape index (κ1) is 34.6. The van der Waals surface area contributed by atoms with Crippen LogP contribution in [0.3, 0.4) is 0 Å². The lowest BCUT2D eigenvalue weighted by Gasteiger charge is -2.17. The summed E-state index contributed by atoms with van der Waals surface area (Å²) in [4.78, 5) is -2.75. The van der Waals surface area contributed by atoms with E-state index < -0.39 is 110 Å². The molecular formula is C32H14F8O8S2. The Morgan fingerprint density at radius 1 is 0.440 bits per heavy atom. The number of hydrogen-bond donors (Lipinski definition) is 2. The van der Waals surface area contributed by atoms with Gasteiger partial charge in [-0.25, -0.2) is 17.6 Å². The second-order valence-electron chi connectivity index (χ2n) is 10.3. The first-order valence-electron chi connectivity index (χ1n) is 13.5. The van der Waals surface area contributed by atoms with Gasteiger partial charge in [0, 0.05) is 10.8 Å². The van der Waals surface area contributed by atoms with Gasteiger partial charge in [-0.3, -0.25) is 9.11 Å². The van der Waals surface area contributed by atoms with Gasteiger partial charge in [-0.05, 0) is 35.0 Å². The van der Waals surface area contributed by atoms with Crippen molar-refractivity contribution in [3.8, 4) is 34.1 Å². The monoisotopic (exact) mass is 742 g/mol. The van der Waals surface area contributed by atoms with E-state index in [2.05, 4.69) is 0 Å². The lowest BCUT2D eigenvalue weighted by molar-refractivity contribution is 0.362. The molecular weight excluding hydrogens is 728 g/mol. The number of ether oxygens (including phenoxy) is 2. The molecule has 6 aromatic carbocycles. The van der Waals surface area contributed by atoms with Gasteiger partial charge in [-0.15, -0.1) is 0 Å². The van der Waals surface area contributed by atoms with Crippen LogP contribution in [0.5, 0.6) is 23.0 Å². The van der Waals surface area contributed by atoms with Crippen LogP contribution in [0.4, 0.5) is 35.1 Å². The Labute approximate surface area is 275 Å². The molecule has 0 aliphatic rings. The second-order valence-corrected chi connectivity index (χ2v) is 13.1. The Morgan fingerprint density at radius 2 is 0.820 bits per heavy atom. The Balaban J connectivity index is 1.48. The SMILES string of the molecule is O=S(=O)(O)c1cc2cccc(Oc3c(F)c(F)c(-c4c(F)c(F)c(Oc5cccc6ccccc56)c(F)c4F)c(F)c3F)c2cc1S(=O)(=O)O. The lowest BCUT2D eigenvalue weighted by atomic mass is 10.0. The normalized spacial score (nSPS) is 12.1. The molecule has 0 heterocycles. The standard InChI is InChI=1S/C32H14F8O8S2/c33-23-21(24(34)28(38)31(27(23)37)47-17-9-3-6-13-5-1-2-8-15(13)17)22-25(35)29(39)32(30(40)26(22)36)48-18-10-4-7-14-11-19(49(41,42)43)20(12-16(14)18)50(44,45)46/h1-12H,(H,41,42,43)(H,44,45,46). The maximum atomic E-state index is 15.4. The predicted octanol–water partition coefficient (Wildman–Crippen LogP) is 8.85. The molecule has 258 valence electrons. The fraction of sp³-hybridized carbons (Fsp3) is 0. The van der Waals surface area contributed by atoms with E-state index in [1.54, 1.807) is 18.2 Å². The molecule has 0 bridgehead atoms. The summed E-state index contributed by atoms with van der Waals surface area (Å²) in [7, 11) is -10.7. The van der Waals surface area contributed by atoms with E-state index in [0.717, 1.165) is 18.2 Å². The number of halogens is 8. The molecule has 0 amide bonds. The third kappa shape index (κ3) is 5.74. The Kier molecular flexibility index (Phi) is 8.46. The van der Waals surface area contributed by atoms with Gasteiger partial charge in [0.15, 0.2) is 23.3 Å². The Hall–Kier alpha value is -5.30. The van der Waals surface area contributed by atoms with E-state index in [-0.39, 0.29) is 16.5 Å². The molecule has 0 aliphatic heterocycles. The minimum absolute atomic E-state index is 0.245. The highest BCUT2D eigenvalue weighted by Gasteiger charge is 2.36. The van der Waals surface area contributed by atoms with Crippen LogP contribution in [0.25, 0.3) is 32.7 Å². The average molecular weight is 743 g/mol. The van der Waals surface area contributed by atoms with Crippen molar-refractivity contribution in [2.24, 2.45) is 0 Å². The summed E-state index contributed by atoms with van der Waals surface area (Å²) in [5, 5.41) is -0.137. The van der Waals surface area contributed by atoms with Crippen LogP contribution >= 0.6 is 0 Å². The third-order valence-corrected chi connectivity index (χ3v) is 9.25.